The lowest BCUT2D eigenvalue weighted by Gasteiger charge is -2.13. The van der Waals surface area contributed by atoms with E-state index in [1.807, 2.05) is 6.92 Å². The molecule has 0 bridgehead atoms. The molecule has 0 saturated carbocycles. The van der Waals surface area contributed by atoms with Gasteiger partial charge in [-0.25, -0.2) is 4.79 Å². The second kappa shape index (κ2) is 7.63. The molecule has 0 fully saturated rings. The molecule has 0 spiro atoms. The first-order chi connectivity index (χ1) is 10.3. The van der Waals surface area contributed by atoms with Crippen LogP contribution in [0.25, 0.3) is 0 Å². The molecule has 0 aliphatic carbocycles. The summed E-state index contributed by atoms with van der Waals surface area (Å²) in [5.74, 6) is -1.18. The summed E-state index contributed by atoms with van der Waals surface area (Å²) in [6.45, 7) is 7.46. The third-order valence-corrected chi connectivity index (χ3v) is 3.34. The third kappa shape index (κ3) is 3.87. The SMILES string of the molecule is CCCNC(=O)[C@@H](C)NC(=O)c1[nH]c(C)c(C(=O)OC)c1C. The zero-order chi connectivity index (χ0) is 16.9. The van der Waals surface area contributed by atoms with Gasteiger partial charge in [0, 0.05) is 12.2 Å². The van der Waals surface area contributed by atoms with E-state index >= 15 is 0 Å². The Morgan fingerprint density at radius 3 is 2.45 bits per heavy atom. The average Bonchev–Trinajstić information content (AvgIpc) is 2.78. The van der Waals surface area contributed by atoms with Crippen LogP contribution in [0.3, 0.4) is 0 Å². The summed E-state index contributed by atoms with van der Waals surface area (Å²) in [5, 5.41) is 5.32. The molecule has 1 rings (SSSR count). The Balaban J connectivity index is 2.87. The predicted molar refractivity (Wildman–Crippen MR) is 81.8 cm³/mol. The highest BCUT2D eigenvalue weighted by atomic mass is 16.5. The van der Waals surface area contributed by atoms with Crippen molar-refractivity contribution in [2.45, 2.75) is 40.2 Å². The molecule has 0 aliphatic heterocycles. The minimum absolute atomic E-state index is 0.246. The van der Waals surface area contributed by atoms with Crippen molar-refractivity contribution in [3.63, 3.8) is 0 Å². The molecule has 0 saturated heterocycles. The smallest absolute Gasteiger partial charge is 0.339 e. The molecule has 2 amide bonds. The minimum Gasteiger partial charge on any atom is -0.465 e. The molecule has 0 aromatic carbocycles. The summed E-state index contributed by atoms with van der Waals surface area (Å²) in [7, 11) is 1.29. The predicted octanol–water partition coefficient (Wildman–Crippen LogP) is 1.06. The summed E-state index contributed by atoms with van der Waals surface area (Å²) in [5.41, 5.74) is 1.66. The van der Waals surface area contributed by atoms with E-state index in [1.54, 1.807) is 20.8 Å². The van der Waals surface area contributed by atoms with Crippen molar-refractivity contribution in [2.24, 2.45) is 0 Å². The van der Waals surface area contributed by atoms with E-state index in [0.29, 0.717) is 23.4 Å². The van der Waals surface area contributed by atoms with Gasteiger partial charge in [-0.3, -0.25) is 9.59 Å². The van der Waals surface area contributed by atoms with Crippen molar-refractivity contribution in [1.29, 1.82) is 0 Å². The summed E-state index contributed by atoms with van der Waals surface area (Å²) in [6, 6.07) is -0.663. The fourth-order valence-electron chi connectivity index (χ4n) is 2.12. The first-order valence-electron chi connectivity index (χ1n) is 7.19. The van der Waals surface area contributed by atoms with Gasteiger partial charge in [0.25, 0.3) is 5.91 Å². The van der Waals surface area contributed by atoms with Crippen molar-refractivity contribution in [1.82, 2.24) is 15.6 Å². The number of methoxy groups -OCH3 is 1. The highest BCUT2D eigenvalue weighted by Crippen LogP contribution is 2.18. The highest BCUT2D eigenvalue weighted by Gasteiger charge is 2.24. The minimum atomic E-state index is -0.663. The molecule has 7 nitrogen and oxygen atoms in total. The number of aryl methyl sites for hydroxylation is 1. The molecule has 1 atom stereocenters. The fourth-order valence-corrected chi connectivity index (χ4v) is 2.12. The van der Waals surface area contributed by atoms with Crippen molar-refractivity contribution < 1.29 is 19.1 Å². The first-order valence-corrected chi connectivity index (χ1v) is 7.19. The maximum atomic E-state index is 12.3. The first kappa shape index (κ1) is 17.7. The second-order valence-corrected chi connectivity index (χ2v) is 5.10. The lowest BCUT2D eigenvalue weighted by molar-refractivity contribution is -0.122. The van der Waals surface area contributed by atoms with Crippen LogP contribution in [0.1, 0.15) is 52.4 Å². The van der Waals surface area contributed by atoms with Gasteiger partial charge in [-0.1, -0.05) is 6.92 Å². The topological polar surface area (TPSA) is 100 Å². The number of H-pyrrole nitrogens is 1. The second-order valence-electron chi connectivity index (χ2n) is 5.10. The Morgan fingerprint density at radius 2 is 1.91 bits per heavy atom. The van der Waals surface area contributed by atoms with Gasteiger partial charge in [0.2, 0.25) is 5.91 Å². The number of amides is 2. The maximum Gasteiger partial charge on any atom is 0.339 e. The maximum absolute atomic E-state index is 12.3. The van der Waals surface area contributed by atoms with Crippen molar-refractivity contribution in [3.8, 4) is 0 Å². The van der Waals surface area contributed by atoms with Crippen LogP contribution >= 0.6 is 0 Å². The van der Waals surface area contributed by atoms with Crippen LogP contribution in [0, 0.1) is 13.8 Å². The number of carbonyl (C=O) groups is 3. The zero-order valence-corrected chi connectivity index (χ0v) is 13.6. The van der Waals surface area contributed by atoms with Gasteiger partial charge < -0.3 is 20.4 Å². The number of ether oxygens (including phenoxy) is 1. The molecule has 0 unspecified atom stereocenters. The number of nitrogens with one attached hydrogen (secondary N) is 3. The molecule has 1 aromatic heterocycles. The van der Waals surface area contributed by atoms with E-state index in [9.17, 15) is 14.4 Å². The van der Waals surface area contributed by atoms with Crippen molar-refractivity contribution in [3.05, 3.63) is 22.5 Å². The zero-order valence-electron chi connectivity index (χ0n) is 13.6. The molecule has 1 heterocycles. The van der Waals surface area contributed by atoms with Crippen LogP contribution in [0.4, 0.5) is 0 Å². The molecule has 22 heavy (non-hydrogen) atoms. The number of aromatic nitrogens is 1. The molecule has 0 radical (unpaired) electrons. The summed E-state index contributed by atoms with van der Waals surface area (Å²) in [6.07, 6.45) is 0.823. The molecule has 3 N–H and O–H groups in total. The molecule has 1 aromatic rings. The third-order valence-electron chi connectivity index (χ3n) is 3.34. The Labute approximate surface area is 129 Å². The van der Waals surface area contributed by atoms with Gasteiger partial charge >= 0.3 is 5.97 Å². The van der Waals surface area contributed by atoms with E-state index in [-0.39, 0.29) is 11.6 Å². The van der Waals surface area contributed by atoms with Crippen LogP contribution in [0.15, 0.2) is 0 Å². The van der Waals surface area contributed by atoms with E-state index < -0.39 is 17.9 Å². The molecule has 7 heteroatoms. The van der Waals surface area contributed by atoms with Crippen LogP contribution in [0.5, 0.6) is 0 Å². The number of esters is 1. The number of hydrogen-bond donors (Lipinski definition) is 3. The highest BCUT2D eigenvalue weighted by molar-refractivity contribution is 6.01. The van der Waals surface area contributed by atoms with Crippen LogP contribution in [0.2, 0.25) is 0 Å². The lowest BCUT2D eigenvalue weighted by Crippen LogP contribution is -2.45. The fraction of sp³-hybridized carbons (Fsp3) is 0.533. The van der Waals surface area contributed by atoms with Gasteiger partial charge in [-0.2, -0.15) is 0 Å². The quantitative estimate of drug-likeness (QED) is 0.684. The molecule has 0 aliphatic rings. The van der Waals surface area contributed by atoms with Crippen molar-refractivity contribution >= 4 is 17.8 Å². The van der Waals surface area contributed by atoms with Gasteiger partial charge in [0.15, 0.2) is 0 Å². The van der Waals surface area contributed by atoms with Gasteiger partial charge in [0.05, 0.1) is 12.7 Å². The van der Waals surface area contributed by atoms with E-state index in [2.05, 4.69) is 15.6 Å². The van der Waals surface area contributed by atoms with Crippen LogP contribution in [-0.2, 0) is 9.53 Å². The number of rotatable bonds is 6. The van der Waals surface area contributed by atoms with E-state index in [1.165, 1.54) is 7.11 Å². The number of hydrogen-bond acceptors (Lipinski definition) is 4. The Hall–Kier alpha value is -2.31. The largest absolute Gasteiger partial charge is 0.465 e. The average molecular weight is 309 g/mol. The summed E-state index contributed by atoms with van der Waals surface area (Å²) in [4.78, 5) is 38.6. The summed E-state index contributed by atoms with van der Waals surface area (Å²) >= 11 is 0. The van der Waals surface area contributed by atoms with Crippen LogP contribution in [-0.4, -0.2) is 42.5 Å². The monoisotopic (exact) mass is 309 g/mol. The number of aromatic amines is 1. The normalized spacial score (nSPS) is 11.7. The van der Waals surface area contributed by atoms with Gasteiger partial charge in [0.1, 0.15) is 11.7 Å². The van der Waals surface area contributed by atoms with E-state index in [0.717, 1.165) is 6.42 Å². The standard InChI is InChI=1S/C15H23N3O4/c1-6-7-16-13(19)10(4)18-14(20)12-8(2)11(9(3)17-12)15(21)22-5/h10,17H,6-7H2,1-5H3,(H,16,19)(H,18,20)/t10-/m1/s1. The lowest BCUT2D eigenvalue weighted by atomic mass is 10.1. The summed E-state index contributed by atoms with van der Waals surface area (Å²) < 4.78 is 4.70. The molecular weight excluding hydrogens is 286 g/mol. The Morgan fingerprint density at radius 1 is 1.27 bits per heavy atom. The molecular formula is C15H23N3O4. The van der Waals surface area contributed by atoms with Gasteiger partial charge in [-0.15, -0.1) is 0 Å². The van der Waals surface area contributed by atoms with Gasteiger partial charge in [-0.05, 0) is 32.8 Å². The Bertz CT molecular complexity index is 578. The molecule has 122 valence electrons. The van der Waals surface area contributed by atoms with E-state index in [4.69, 9.17) is 4.74 Å². The van der Waals surface area contributed by atoms with Crippen molar-refractivity contribution in [2.75, 3.05) is 13.7 Å². The van der Waals surface area contributed by atoms with Crippen LogP contribution < -0.4 is 10.6 Å². The Kier molecular flexibility index (Phi) is 6.15. The number of carbonyl (C=O) groups excluding carboxylic acids is 3.